The Labute approximate surface area is 133 Å². The van der Waals surface area contributed by atoms with Crippen molar-refractivity contribution in [1.29, 1.82) is 0 Å². The lowest BCUT2D eigenvalue weighted by Gasteiger charge is -2.22. The summed E-state index contributed by atoms with van der Waals surface area (Å²) in [5.74, 6) is 0.523. The van der Waals surface area contributed by atoms with E-state index in [9.17, 15) is 4.79 Å². The molecule has 1 aromatic carbocycles. The van der Waals surface area contributed by atoms with Crippen LogP contribution in [0.4, 0.5) is 0 Å². The molecule has 0 N–H and O–H groups in total. The van der Waals surface area contributed by atoms with Crippen molar-refractivity contribution in [1.82, 2.24) is 0 Å². The molecule has 0 spiro atoms. The molecule has 0 aliphatic rings. The molecular weight excluding hydrogens is 332 g/mol. The Morgan fingerprint density at radius 3 is 2.45 bits per heavy atom. The van der Waals surface area contributed by atoms with Crippen LogP contribution >= 0.6 is 27.3 Å². The van der Waals surface area contributed by atoms with Gasteiger partial charge >= 0.3 is 0 Å². The van der Waals surface area contributed by atoms with Gasteiger partial charge in [-0.15, -0.1) is 11.3 Å². The third-order valence-electron chi connectivity index (χ3n) is 3.81. The minimum atomic E-state index is -0.0543. The van der Waals surface area contributed by atoms with Gasteiger partial charge in [0.25, 0.3) is 0 Å². The molecule has 2 rings (SSSR count). The van der Waals surface area contributed by atoms with Crippen molar-refractivity contribution in [3.8, 4) is 0 Å². The number of thiophene rings is 1. The number of aryl methyl sites for hydroxylation is 1. The second-order valence-corrected chi connectivity index (χ2v) is 7.79. The van der Waals surface area contributed by atoms with E-state index in [-0.39, 0.29) is 11.7 Å². The zero-order valence-electron chi connectivity index (χ0n) is 12.0. The second kappa shape index (κ2) is 6.68. The lowest BCUT2D eigenvalue weighted by Crippen LogP contribution is -2.20. The predicted molar refractivity (Wildman–Crippen MR) is 89.7 cm³/mol. The molecule has 2 unspecified atom stereocenters. The molecule has 1 heterocycles. The molecule has 0 radical (unpaired) electrons. The van der Waals surface area contributed by atoms with Crippen molar-refractivity contribution >= 4 is 33.0 Å². The van der Waals surface area contributed by atoms with Crippen molar-refractivity contribution in [3.05, 3.63) is 56.2 Å². The summed E-state index contributed by atoms with van der Waals surface area (Å²) in [5.41, 5.74) is 1.98. The standard InChI is InChI=1S/C17H19BrOS/c1-4-11(2)16(13-8-6-5-7-9-13)17(19)14-10-15(18)20-12(14)3/h5-11,16H,4H2,1-3H3. The molecule has 3 heteroatoms. The van der Waals surface area contributed by atoms with E-state index in [1.807, 2.05) is 31.2 Å². The Morgan fingerprint density at radius 2 is 1.95 bits per heavy atom. The average molecular weight is 351 g/mol. The molecule has 1 aromatic heterocycles. The molecule has 106 valence electrons. The lowest BCUT2D eigenvalue weighted by atomic mass is 9.80. The largest absolute Gasteiger partial charge is 0.293 e. The smallest absolute Gasteiger partial charge is 0.171 e. The average Bonchev–Trinajstić information content (AvgIpc) is 2.79. The van der Waals surface area contributed by atoms with Crippen molar-refractivity contribution in [3.63, 3.8) is 0 Å². The van der Waals surface area contributed by atoms with Gasteiger partial charge < -0.3 is 0 Å². The molecule has 0 amide bonds. The number of benzene rings is 1. The Kier molecular flexibility index (Phi) is 5.17. The minimum Gasteiger partial charge on any atom is -0.293 e. The van der Waals surface area contributed by atoms with Gasteiger partial charge in [0.05, 0.1) is 3.79 Å². The summed E-state index contributed by atoms with van der Waals surface area (Å²) in [5, 5.41) is 0. The van der Waals surface area contributed by atoms with E-state index in [0.717, 1.165) is 26.2 Å². The summed E-state index contributed by atoms with van der Waals surface area (Å²) in [6.45, 7) is 6.32. The van der Waals surface area contributed by atoms with Gasteiger partial charge in [0.1, 0.15) is 0 Å². The van der Waals surface area contributed by atoms with E-state index in [2.05, 4.69) is 41.9 Å². The first-order valence-corrected chi connectivity index (χ1v) is 8.50. The summed E-state index contributed by atoms with van der Waals surface area (Å²) >= 11 is 5.10. The monoisotopic (exact) mass is 350 g/mol. The third-order valence-corrected chi connectivity index (χ3v) is 5.36. The zero-order valence-corrected chi connectivity index (χ0v) is 14.4. The van der Waals surface area contributed by atoms with E-state index in [4.69, 9.17) is 0 Å². The van der Waals surface area contributed by atoms with Crippen molar-refractivity contribution < 1.29 is 4.79 Å². The van der Waals surface area contributed by atoms with Crippen molar-refractivity contribution in [2.75, 3.05) is 0 Å². The molecule has 1 nitrogen and oxygen atoms in total. The predicted octanol–water partition coefficient (Wildman–Crippen LogP) is 5.83. The van der Waals surface area contributed by atoms with Crippen molar-refractivity contribution in [2.45, 2.75) is 33.1 Å². The van der Waals surface area contributed by atoms with Gasteiger partial charge in [-0.2, -0.15) is 0 Å². The molecule has 0 saturated carbocycles. The van der Waals surface area contributed by atoms with Gasteiger partial charge in [-0.25, -0.2) is 0 Å². The maximum atomic E-state index is 13.0. The fraction of sp³-hybridized carbons (Fsp3) is 0.353. The van der Waals surface area contributed by atoms with Crippen LogP contribution in [-0.4, -0.2) is 5.78 Å². The Morgan fingerprint density at radius 1 is 1.30 bits per heavy atom. The van der Waals surface area contributed by atoms with E-state index in [1.165, 1.54) is 0 Å². The van der Waals surface area contributed by atoms with Crippen molar-refractivity contribution in [2.24, 2.45) is 5.92 Å². The highest BCUT2D eigenvalue weighted by Crippen LogP contribution is 2.35. The summed E-state index contributed by atoms with van der Waals surface area (Å²) < 4.78 is 1.02. The fourth-order valence-corrected chi connectivity index (χ4v) is 4.19. The third kappa shape index (κ3) is 3.21. The topological polar surface area (TPSA) is 17.1 Å². The SMILES string of the molecule is CCC(C)C(C(=O)c1cc(Br)sc1C)c1ccccc1. The highest BCUT2D eigenvalue weighted by atomic mass is 79.9. The molecule has 0 aliphatic carbocycles. The van der Waals surface area contributed by atoms with Crippen LogP contribution < -0.4 is 0 Å². The van der Waals surface area contributed by atoms with E-state index in [0.29, 0.717) is 5.92 Å². The van der Waals surface area contributed by atoms with Gasteiger partial charge in [0, 0.05) is 16.4 Å². The van der Waals surface area contributed by atoms with Gasteiger partial charge in [-0.3, -0.25) is 4.79 Å². The van der Waals surface area contributed by atoms with Crippen LogP contribution in [0.15, 0.2) is 40.2 Å². The first-order valence-electron chi connectivity index (χ1n) is 6.89. The maximum Gasteiger partial charge on any atom is 0.171 e. The molecule has 2 aromatic rings. The first-order chi connectivity index (χ1) is 9.54. The lowest BCUT2D eigenvalue weighted by molar-refractivity contribution is 0.0932. The highest BCUT2D eigenvalue weighted by molar-refractivity contribution is 9.11. The molecule has 2 atom stereocenters. The molecule has 0 saturated heterocycles. The minimum absolute atomic E-state index is 0.0543. The van der Waals surface area contributed by atoms with Crippen LogP contribution in [0.2, 0.25) is 0 Å². The van der Waals surface area contributed by atoms with Crippen LogP contribution in [0.25, 0.3) is 0 Å². The van der Waals surface area contributed by atoms with E-state index in [1.54, 1.807) is 11.3 Å². The Bertz CT molecular complexity index is 588. The molecule has 0 aliphatic heterocycles. The number of carbonyl (C=O) groups excluding carboxylic acids is 1. The van der Waals surface area contributed by atoms with Crippen LogP contribution in [0.1, 0.15) is 47.0 Å². The number of hydrogen-bond donors (Lipinski definition) is 0. The number of rotatable bonds is 5. The van der Waals surface area contributed by atoms with Gasteiger partial charge in [0.15, 0.2) is 5.78 Å². The normalized spacial score (nSPS) is 14.0. The van der Waals surface area contributed by atoms with Gasteiger partial charge in [-0.1, -0.05) is 50.6 Å². The van der Waals surface area contributed by atoms with Crippen LogP contribution in [0.3, 0.4) is 0 Å². The summed E-state index contributed by atoms with van der Waals surface area (Å²) in [4.78, 5) is 14.1. The highest BCUT2D eigenvalue weighted by Gasteiger charge is 2.28. The van der Waals surface area contributed by atoms with Gasteiger partial charge in [0.2, 0.25) is 0 Å². The number of halogens is 1. The van der Waals surface area contributed by atoms with E-state index >= 15 is 0 Å². The zero-order chi connectivity index (χ0) is 14.7. The molecule has 0 fully saturated rings. The number of carbonyl (C=O) groups is 1. The first kappa shape index (κ1) is 15.5. The van der Waals surface area contributed by atoms with Crippen LogP contribution in [0, 0.1) is 12.8 Å². The van der Waals surface area contributed by atoms with Gasteiger partial charge in [-0.05, 0) is 40.4 Å². The maximum absolute atomic E-state index is 13.0. The molecule has 20 heavy (non-hydrogen) atoms. The van der Waals surface area contributed by atoms with Crippen LogP contribution in [-0.2, 0) is 0 Å². The van der Waals surface area contributed by atoms with E-state index < -0.39 is 0 Å². The molecular formula is C17H19BrOS. The summed E-state index contributed by atoms with van der Waals surface area (Å²) in [6, 6.07) is 12.1. The Hall–Kier alpha value is -0.930. The Balaban J connectivity index is 2.42. The number of Topliss-reactive ketones (excluding diaryl/α,β-unsaturated/α-hetero) is 1. The van der Waals surface area contributed by atoms with Crippen LogP contribution in [0.5, 0.6) is 0 Å². The second-order valence-electron chi connectivity index (χ2n) is 5.16. The number of ketones is 1. The summed E-state index contributed by atoms with van der Waals surface area (Å²) in [6.07, 6.45) is 0.996. The fourth-order valence-electron chi connectivity index (χ4n) is 2.49. The quantitative estimate of drug-likeness (QED) is 0.619. The molecule has 0 bridgehead atoms. The summed E-state index contributed by atoms with van der Waals surface area (Å²) in [7, 11) is 0. The number of hydrogen-bond acceptors (Lipinski definition) is 2.